The first-order chi connectivity index (χ1) is 12.2. The van der Waals surface area contributed by atoms with E-state index in [4.69, 9.17) is 0 Å². The fraction of sp³-hybridized carbons (Fsp3) is 0.300. The lowest BCUT2D eigenvalue weighted by molar-refractivity contribution is 0.0950. The molecule has 2 aromatic carbocycles. The maximum atomic E-state index is 12.4. The zero-order valence-electron chi connectivity index (χ0n) is 15.1. The van der Waals surface area contributed by atoms with Gasteiger partial charge in [0.15, 0.2) is 0 Å². The van der Waals surface area contributed by atoms with Crippen molar-refractivity contribution >= 4 is 41.8 Å². The lowest BCUT2D eigenvalue weighted by Crippen LogP contribution is -2.37. The molecule has 4 rings (SSSR count). The molecule has 1 unspecified atom stereocenters. The molecule has 0 radical (unpaired) electrons. The molecule has 2 N–H and O–H groups in total. The van der Waals surface area contributed by atoms with Crippen LogP contribution >= 0.6 is 24.8 Å². The quantitative estimate of drug-likeness (QED) is 0.694. The number of para-hydroxylation sites is 1. The Hall–Kier alpha value is -2.08. The van der Waals surface area contributed by atoms with Crippen molar-refractivity contribution in [3.63, 3.8) is 0 Å². The first-order valence-corrected chi connectivity index (χ1v) is 8.78. The second-order valence-corrected chi connectivity index (χ2v) is 6.54. The number of halogens is 2. The number of hydrogen-bond donors (Lipinski definition) is 2. The Kier molecular flexibility index (Phi) is 7.25. The predicted molar refractivity (Wildman–Crippen MR) is 114 cm³/mol. The van der Waals surface area contributed by atoms with Gasteiger partial charge in [-0.1, -0.05) is 18.2 Å². The topological polar surface area (TPSA) is 59.0 Å². The Morgan fingerprint density at radius 3 is 2.70 bits per heavy atom. The molecule has 1 aliphatic heterocycles. The maximum absolute atomic E-state index is 12.4. The molecule has 144 valence electrons. The highest BCUT2D eigenvalue weighted by Gasteiger charge is 2.16. The second-order valence-electron chi connectivity index (χ2n) is 6.54. The number of hydrogen-bond acceptors (Lipinski definition) is 3. The Balaban J connectivity index is 0.00000131. The molecule has 2 heterocycles. The number of fused-ring (bicyclic) bond motifs is 1. The monoisotopic (exact) mass is 406 g/mol. The third-order valence-corrected chi connectivity index (χ3v) is 4.77. The number of imidazole rings is 1. The van der Waals surface area contributed by atoms with Crippen molar-refractivity contribution in [1.29, 1.82) is 0 Å². The fourth-order valence-corrected chi connectivity index (χ4v) is 3.49. The molecule has 1 fully saturated rings. The normalized spacial score (nSPS) is 15.8. The van der Waals surface area contributed by atoms with Gasteiger partial charge in [0, 0.05) is 23.8 Å². The molecule has 1 aliphatic rings. The minimum absolute atomic E-state index is 0. The summed E-state index contributed by atoms with van der Waals surface area (Å²) in [5, 5.41) is 6.41. The van der Waals surface area contributed by atoms with Crippen LogP contribution in [0.1, 0.15) is 29.0 Å². The van der Waals surface area contributed by atoms with E-state index in [0.717, 1.165) is 35.5 Å². The van der Waals surface area contributed by atoms with Crippen molar-refractivity contribution in [3.8, 4) is 5.69 Å². The van der Waals surface area contributed by atoms with E-state index in [1.807, 2.05) is 43.3 Å². The summed E-state index contributed by atoms with van der Waals surface area (Å²) in [5.41, 5.74) is 3.58. The third-order valence-electron chi connectivity index (χ3n) is 4.77. The summed E-state index contributed by atoms with van der Waals surface area (Å²) >= 11 is 0. The van der Waals surface area contributed by atoms with Crippen LogP contribution in [0.3, 0.4) is 0 Å². The zero-order chi connectivity index (χ0) is 17.2. The molecule has 0 bridgehead atoms. The molecule has 3 aromatic rings. The van der Waals surface area contributed by atoms with E-state index in [1.165, 1.54) is 6.42 Å². The number of nitrogens with one attached hydrogen (secondary N) is 2. The number of carbonyl (C=O) groups excluding carboxylic acids is 1. The SMILES string of the molecule is Cc1nc2cc(C(=O)NCC3CCCN3)ccc2n1-c1ccccc1.Cl.Cl. The van der Waals surface area contributed by atoms with Crippen molar-refractivity contribution in [2.75, 3.05) is 13.1 Å². The van der Waals surface area contributed by atoms with Gasteiger partial charge in [-0.3, -0.25) is 9.36 Å². The van der Waals surface area contributed by atoms with Crippen molar-refractivity contribution in [2.45, 2.75) is 25.8 Å². The Morgan fingerprint density at radius 2 is 2.00 bits per heavy atom. The highest BCUT2D eigenvalue weighted by Crippen LogP contribution is 2.22. The van der Waals surface area contributed by atoms with Crippen LogP contribution in [0.25, 0.3) is 16.7 Å². The van der Waals surface area contributed by atoms with E-state index in [1.54, 1.807) is 0 Å². The standard InChI is InChI=1S/C20H22N4O.2ClH/c1-14-23-18-12-15(20(25)22-13-16-6-5-11-21-16)9-10-19(18)24(14)17-7-3-2-4-8-17;;/h2-4,7-10,12,16,21H,5-6,11,13H2,1H3,(H,22,25);2*1H. The number of aryl methyl sites for hydroxylation is 1. The van der Waals surface area contributed by atoms with Gasteiger partial charge in [0.1, 0.15) is 5.82 Å². The van der Waals surface area contributed by atoms with Crippen LogP contribution in [0.2, 0.25) is 0 Å². The van der Waals surface area contributed by atoms with Gasteiger partial charge < -0.3 is 10.6 Å². The molecule has 1 atom stereocenters. The Labute approximate surface area is 171 Å². The number of aromatic nitrogens is 2. The van der Waals surface area contributed by atoms with Crippen LogP contribution in [-0.2, 0) is 0 Å². The summed E-state index contributed by atoms with van der Waals surface area (Å²) in [6.45, 7) is 3.70. The number of carbonyl (C=O) groups is 1. The molecule has 1 saturated heterocycles. The maximum Gasteiger partial charge on any atom is 0.251 e. The minimum Gasteiger partial charge on any atom is -0.350 e. The summed E-state index contributed by atoms with van der Waals surface area (Å²) < 4.78 is 2.11. The van der Waals surface area contributed by atoms with E-state index in [2.05, 4.69) is 32.3 Å². The molecule has 0 spiro atoms. The van der Waals surface area contributed by atoms with Gasteiger partial charge in [0.2, 0.25) is 0 Å². The van der Waals surface area contributed by atoms with Gasteiger partial charge >= 0.3 is 0 Å². The molecule has 1 aromatic heterocycles. The third kappa shape index (κ3) is 4.43. The average molecular weight is 407 g/mol. The van der Waals surface area contributed by atoms with Gasteiger partial charge in [0.25, 0.3) is 5.91 Å². The van der Waals surface area contributed by atoms with Crippen LogP contribution in [-0.4, -0.2) is 34.6 Å². The second kappa shape index (κ2) is 9.22. The van der Waals surface area contributed by atoms with Crippen molar-refractivity contribution in [1.82, 2.24) is 20.2 Å². The summed E-state index contributed by atoms with van der Waals surface area (Å²) in [7, 11) is 0. The highest BCUT2D eigenvalue weighted by molar-refractivity contribution is 5.97. The van der Waals surface area contributed by atoms with Gasteiger partial charge in [-0.25, -0.2) is 4.98 Å². The number of amides is 1. The molecule has 5 nitrogen and oxygen atoms in total. The Morgan fingerprint density at radius 1 is 1.22 bits per heavy atom. The lowest BCUT2D eigenvalue weighted by atomic mass is 10.1. The first kappa shape index (κ1) is 21.2. The number of benzene rings is 2. The predicted octanol–water partition coefficient (Wildman–Crippen LogP) is 3.66. The van der Waals surface area contributed by atoms with Crippen LogP contribution in [0.4, 0.5) is 0 Å². The van der Waals surface area contributed by atoms with Crippen LogP contribution in [0.5, 0.6) is 0 Å². The fourth-order valence-electron chi connectivity index (χ4n) is 3.49. The largest absolute Gasteiger partial charge is 0.350 e. The van der Waals surface area contributed by atoms with Crippen molar-refractivity contribution < 1.29 is 4.79 Å². The first-order valence-electron chi connectivity index (χ1n) is 8.78. The van der Waals surface area contributed by atoms with E-state index in [-0.39, 0.29) is 30.7 Å². The van der Waals surface area contributed by atoms with Crippen molar-refractivity contribution in [3.05, 3.63) is 59.9 Å². The van der Waals surface area contributed by atoms with E-state index < -0.39 is 0 Å². The zero-order valence-corrected chi connectivity index (χ0v) is 16.8. The van der Waals surface area contributed by atoms with Gasteiger partial charge in [-0.15, -0.1) is 24.8 Å². The number of rotatable bonds is 4. The smallest absolute Gasteiger partial charge is 0.251 e. The minimum atomic E-state index is -0.0393. The van der Waals surface area contributed by atoms with Crippen LogP contribution in [0.15, 0.2) is 48.5 Å². The van der Waals surface area contributed by atoms with E-state index in [9.17, 15) is 4.79 Å². The summed E-state index contributed by atoms with van der Waals surface area (Å²) in [4.78, 5) is 17.1. The van der Waals surface area contributed by atoms with E-state index in [0.29, 0.717) is 18.2 Å². The molecule has 1 amide bonds. The molecular weight excluding hydrogens is 383 g/mol. The molecular formula is C20H24Cl2N4O. The summed E-state index contributed by atoms with van der Waals surface area (Å²) in [6, 6.07) is 16.3. The lowest BCUT2D eigenvalue weighted by Gasteiger charge is -2.11. The molecule has 27 heavy (non-hydrogen) atoms. The van der Waals surface area contributed by atoms with Gasteiger partial charge in [-0.2, -0.15) is 0 Å². The van der Waals surface area contributed by atoms with Crippen LogP contribution in [0, 0.1) is 6.92 Å². The number of nitrogens with zero attached hydrogens (tertiary/aromatic N) is 2. The van der Waals surface area contributed by atoms with Crippen LogP contribution < -0.4 is 10.6 Å². The highest BCUT2D eigenvalue weighted by atomic mass is 35.5. The average Bonchev–Trinajstić information content (AvgIpc) is 3.26. The Bertz CT molecular complexity index is 905. The molecule has 0 saturated carbocycles. The van der Waals surface area contributed by atoms with Gasteiger partial charge in [0.05, 0.1) is 11.0 Å². The van der Waals surface area contributed by atoms with Gasteiger partial charge in [-0.05, 0) is 56.6 Å². The molecule has 0 aliphatic carbocycles. The van der Waals surface area contributed by atoms with Crippen molar-refractivity contribution in [2.24, 2.45) is 0 Å². The summed E-state index contributed by atoms with van der Waals surface area (Å²) in [6.07, 6.45) is 2.31. The summed E-state index contributed by atoms with van der Waals surface area (Å²) in [5.74, 6) is 0.872. The molecule has 7 heteroatoms. The van der Waals surface area contributed by atoms with E-state index >= 15 is 0 Å².